The van der Waals surface area contributed by atoms with Crippen molar-refractivity contribution in [3.8, 4) is 5.75 Å². The monoisotopic (exact) mass is 327 g/mol. The molecule has 0 aliphatic carbocycles. The Hall–Kier alpha value is -2.30. The standard InChI is InChI=1S/C19H25N3O2/c1-4-14(5-2)22-13(3)12-17(21-22)19(23)20-16-10-11-24-18-9-7-6-8-15(16)18/h6-9,12,14,16H,4-5,10-11H2,1-3H3,(H,20,23)/t16-/m0/s1. The zero-order chi connectivity index (χ0) is 17.1. The molecule has 5 nitrogen and oxygen atoms in total. The van der Waals surface area contributed by atoms with Gasteiger partial charge in [0.25, 0.3) is 5.91 Å². The van der Waals surface area contributed by atoms with Gasteiger partial charge in [0.15, 0.2) is 0 Å². The summed E-state index contributed by atoms with van der Waals surface area (Å²) in [6.45, 7) is 6.91. The lowest BCUT2D eigenvalue weighted by molar-refractivity contribution is 0.0918. The van der Waals surface area contributed by atoms with Crippen molar-refractivity contribution in [1.29, 1.82) is 0 Å². The fourth-order valence-electron chi connectivity index (χ4n) is 3.33. The Morgan fingerprint density at radius 1 is 1.38 bits per heavy atom. The van der Waals surface area contributed by atoms with Gasteiger partial charge in [0.05, 0.1) is 18.7 Å². The number of hydrogen-bond donors (Lipinski definition) is 1. The molecule has 3 rings (SSSR count). The van der Waals surface area contributed by atoms with Crippen LogP contribution in [-0.2, 0) is 0 Å². The number of carbonyl (C=O) groups excluding carboxylic acids is 1. The first-order chi connectivity index (χ1) is 11.6. The Kier molecular flexibility index (Phi) is 4.88. The minimum absolute atomic E-state index is 0.0268. The Balaban J connectivity index is 1.78. The van der Waals surface area contributed by atoms with Crippen LogP contribution in [0, 0.1) is 6.92 Å². The Morgan fingerprint density at radius 2 is 2.12 bits per heavy atom. The molecule has 0 spiro atoms. The minimum atomic E-state index is -0.121. The van der Waals surface area contributed by atoms with Gasteiger partial charge in [-0.15, -0.1) is 0 Å². The number of amides is 1. The van der Waals surface area contributed by atoms with Gasteiger partial charge in [-0.25, -0.2) is 0 Å². The van der Waals surface area contributed by atoms with Crippen LogP contribution in [0.15, 0.2) is 30.3 Å². The van der Waals surface area contributed by atoms with Gasteiger partial charge in [-0.1, -0.05) is 32.0 Å². The van der Waals surface area contributed by atoms with Crippen molar-refractivity contribution in [2.45, 2.75) is 52.1 Å². The number of rotatable bonds is 5. The number of nitrogens with one attached hydrogen (secondary N) is 1. The third-order valence-electron chi connectivity index (χ3n) is 4.71. The van der Waals surface area contributed by atoms with Crippen LogP contribution < -0.4 is 10.1 Å². The van der Waals surface area contributed by atoms with Gasteiger partial charge < -0.3 is 10.1 Å². The molecule has 1 aromatic carbocycles. The molecule has 1 N–H and O–H groups in total. The molecule has 1 atom stereocenters. The van der Waals surface area contributed by atoms with Crippen molar-refractivity contribution in [2.75, 3.05) is 6.61 Å². The van der Waals surface area contributed by atoms with E-state index >= 15 is 0 Å². The number of hydrogen-bond acceptors (Lipinski definition) is 3. The van der Waals surface area contributed by atoms with E-state index in [4.69, 9.17) is 4.74 Å². The van der Waals surface area contributed by atoms with Crippen LogP contribution in [0.25, 0.3) is 0 Å². The van der Waals surface area contributed by atoms with Crippen molar-refractivity contribution in [1.82, 2.24) is 15.1 Å². The SMILES string of the molecule is CCC(CC)n1nc(C(=O)N[C@H]2CCOc3ccccc32)cc1C. The molecule has 5 heteroatoms. The lowest BCUT2D eigenvalue weighted by atomic mass is 10.0. The molecule has 0 unspecified atom stereocenters. The summed E-state index contributed by atoms with van der Waals surface area (Å²) in [5.74, 6) is 0.734. The van der Waals surface area contributed by atoms with E-state index in [0.717, 1.165) is 36.3 Å². The van der Waals surface area contributed by atoms with E-state index in [-0.39, 0.29) is 11.9 Å². The van der Waals surface area contributed by atoms with E-state index in [2.05, 4.69) is 24.3 Å². The molecule has 1 aliphatic heterocycles. The van der Waals surface area contributed by atoms with Gasteiger partial charge in [-0.2, -0.15) is 5.10 Å². The predicted octanol–water partition coefficient (Wildman–Crippen LogP) is 3.81. The number of fused-ring (bicyclic) bond motifs is 1. The summed E-state index contributed by atoms with van der Waals surface area (Å²) < 4.78 is 7.63. The normalized spacial score (nSPS) is 16.6. The molecule has 0 saturated carbocycles. The Labute approximate surface area is 143 Å². The second-order valence-corrected chi connectivity index (χ2v) is 6.29. The first kappa shape index (κ1) is 16.6. The van der Waals surface area contributed by atoms with Gasteiger partial charge in [-0.05, 0) is 31.9 Å². The van der Waals surface area contributed by atoms with Gasteiger partial charge in [0.1, 0.15) is 11.4 Å². The molecule has 2 heterocycles. The highest BCUT2D eigenvalue weighted by atomic mass is 16.5. The average molecular weight is 327 g/mol. The highest BCUT2D eigenvalue weighted by molar-refractivity contribution is 5.92. The molecular weight excluding hydrogens is 302 g/mol. The maximum Gasteiger partial charge on any atom is 0.272 e. The van der Waals surface area contributed by atoms with Gasteiger partial charge in [0.2, 0.25) is 0 Å². The smallest absolute Gasteiger partial charge is 0.272 e. The zero-order valence-corrected chi connectivity index (χ0v) is 14.6. The first-order valence-corrected chi connectivity index (χ1v) is 8.72. The van der Waals surface area contributed by atoms with Crippen molar-refractivity contribution in [3.05, 3.63) is 47.3 Å². The minimum Gasteiger partial charge on any atom is -0.493 e. The summed E-state index contributed by atoms with van der Waals surface area (Å²) in [6, 6.07) is 10.1. The van der Waals surface area contributed by atoms with E-state index in [1.165, 1.54) is 0 Å². The number of ether oxygens (including phenoxy) is 1. The first-order valence-electron chi connectivity index (χ1n) is 8.72. The molecular formula is C19H25N3O2. The molecule has 128 valence electrons. The Morgan fingerprint density at radius 3 is 2.88 bits per heavy atom. The van der Waals surface area contributed by atoms with Gasteiger partial charge in [-0.3, -0.25) is 9.48 Å². The molecule has 1 aliphatic rings. The highest BCUT2D eigenvalue weighted by Crippen LogP contribution is 2.31. The lowest BCUT2D eigenvalue weighted by Crippen LogP contribution is -2.32. The summed E-state index contributed by atoms with van der Waals surface area (Å²) in [7, 11) is 0. The third-order valence-corrected chi connectivity index (χ3v) is 4.71. The van der Waals surface area contributed by atoms with Gasteiger partial charge >= 0.3 is 0 Å². The van der Waals surface area contributed by atoms with Crippen molar-refractivity contribution in [3.63, 3.8) is 0 Å². The summed E-state index contributed by atoms with van der Waals surface area (Å²) in [5, 5.41) is 7.66. The van der Waals surface area contributed by atoms with Crippen LogP contribution in [0.1, 0.15) is 66.9 Å². The van der Waals surface area contributed by atoms with Crippen LogP contribution >= 0.6 is 0 Å². The van der Waals surface area contributed by atoms with E-state index in [9.17, 15) is 4.79 Å². The number of aromatic nitrogens is 2. The molecule has 24 heavy (non-hydrogen) atoms. The summed E-state index contributed by atoms with van der Waals surface area (Å²) in [5.41, 5.74) is 2.55. The van der Waals surface area contributed by atoms with Crippen LogP contribution in [0.2, 0.25) is 0 Å². The quantitative estimate of drug-likeness (QED) is 0.908. The number of benzene rings is 1. The van der Waals surface area contributed by atoms with Crippen LogP contribution in [-0.4, -0.2) is 22.3 Å². The molecule has 0 fully saturated rings. The van der Waals surface area contributed by atoms with Crippen molar-refractivity contribution < 1.29 is 9.53 Å². The largest absolute Gasteiger partial charge is 0.493 e. The van der Waals surface area contributed by atoms with E-state index in [0.29, 0.717) is 18.3 Å². The van der Waals surface area contributed by atoms with E-state index < -0.39 is 0 Å². The molecule has 1 amide bonds. The second-order valence-electron chi connectivity index (χ2n) is 6.29. The van der Waals surface area contributed by atoms with Crippen LogP contribution in [0.5, 0.6) is 5.75 Å². The average Bonchev–Trinajstić information content (AvgIpc) is 2.98. The summed E-state index contributed by atoms with van der Waals surface area (Å²) in [6.07, 6.45) is 2.79. The number of nitrogens with zero attached hydrogens (tertiary/aromatic N) is 2. The highest BCUT2D eigenvalue weighted by Gasteiger charge is 2.24. The van der Waals surface area contributed by atoms with E-state index in [1.807, 2.05) is 41.9 Å². The maximum atomic E-state index is 12.7. The van der Waals surface area contributed by atoms with E-state index in [1.54, 1.807) is 0 Å². The topological polar surface area (TPSA) is 56.2 Å². The van der Waals surface area contributed by atoms with Gasteiger partial charge in [0, 0.05) is 17.7 Å². The molecule has 0 radical (unpaired) electrons. The molecule has 0 bridgehead atoms. The Bertz CT molecular complexity index is 719. The summed E-state index contributed by atoms with van der Waals surface area (Å²) in [4.78, 5) is 12.7. The van der Waals surface area contributed by atoms with Crippen LogP contribution in [0.4, 0.5) is 0 Å². The fraction of sp³-hybridized carbons (Fsp3) is 0.474. The fourth-order valence-corrected chi connectivity index (χ4v) is 3.33. The lowest BCUT2D eigenvalue weighted by Gasteiger charge is -2.26. The number of aryl methyl sites for hydroxylation is 1. The zero-order valence-electron chi connectivity index (χ0n) is 14.6. The molecule has 1 aromatic heterocycles. The number of para-hydroxylation sites is 1. The predicted molar refractivity (Wildman–Crippen MR) is 93.3 cm³/mol. The van der Waals surface area contributed by atoms with Crippen molar-refractivity contribution >= 4 is 5.91 Å². The van der Waals surface area contributed by atoms with Crippen molar-refractivity contribution in [2.24, 2.45) is 0 Å². The molecule has 2 aromatic rings. The van der Waals surface area contributed by atoms with Crippen LogP contribution in [0.3, 0.4) is 0 Å². The maximum absolute atomic E-state index is 12.7. The second kappa shape index (κ2) is 7.07. The third kappa shape index (κ3) is 3.16. The number of carbonyl (C=O) groups is 1. The molecule has 0 saturated heterocycles. The summed E-state index contributed by atoms with van der Waals surface area (Å²) >= 11 is 0.